The molecule has 2 nitrogen and oxygen atoms in total. The van der Waals surface area contributed by atoms with Gasteiger partial charge < -0.3 is 4.74 Å². The maximum Gasteiger partial charge on any atom is 0.133 e. The van der Waals surface area contributed by atoms with Crippen LogP contribution in [0.4, 0.5) is 0 Å². The first-order valence-corrected chi connectivity index (χ1v) is 5.05. The standard InChI is InChI=1S/C13H16O2/c1-3-6-12-7-4-5-8-13(12)15-10-9-11(2)14/h3-5,7-8H,1,6,9-10H2,2H3. The van der Waals surface area contributed by atoms with Gasteiger partial charge in [-0.1, -0.05) is 24.3 Å². The van der Waals surface area contributed by atoms with Crippen LogP contribution in [-0.4, -0.2) is 12.4 Å². The van der Waals surface area contributed by atoms with Gasteiger partial charge in [-0.05, 0) is 25.0 Å². The Hall–Kier alpha value is -1.57. The highest BCUT2D eigenvalue weighted by molar-refractivity contribution is 5.75. The molecule has 0 saturated heterocycles. The molecule has 0 unspecified atom stereocenters. The van der Waals surface area contributed by atoms with Gasteiger partial charge in [0.25, 0.3) is 0 Å². The highest BCUT2D eigenvalue weighted by Gasteiger charge is 2.01. The third-order valence-corrected chi connectivity index (χ3v) is 2.05. The Labute approximate surface area is 90.6 Å². The topological polar surface area (TPSA) is 26.3 Å². The number of carbonyl (C=O) groups is 1. The van der Waals surface area contributed by atoms with Crippen molar-refractivity contribution in [2.45, 2.75) is 19.8 Å². The van der Waals surface area contributed by atoms with Crippen molar-refractivity contribution < 1.29 is 9.53 Å². The van der Waals surface area contributed by atoms with Crippen LogP contribution in [-0.2, 0) is 11.2 Å². The molecule has 0 aliphatic heterocycles. The van der Waals surface area contributed by atoms with Gasteiger partial charge in [-0.25, -0.2) is 0 Å². The molecule has 2 heteroatoms. The predicted octanol–water partition coefficient (Wildman–Crippen LogP) is 2.77. The van der Waals surface area contributed by atoms with Gasteiger partial charge in [0.05, 0.1) is 6.61 Å². The SMILES string of the molecule is C=CCc1ccccc1OCCC(C)=O. The van der Waals surface area contributed by atoms with Crippen LogP contribution in [0.15, 0.2) is 36.9 Å². The van der Waals surface area contributed by atoms with Crippen molar-refractivity contribution in [3.05, 3.63) is 42.5 Å². The first-order chi connectivity index (χ1) is 7.24. The normalized spacial score (nSPS) is 9.67. The smallest absolute Gasteiger partial charge is 0.133 e. The fraction of sp³-hybridized carbons (Fsp3) is 0.308. The molecule has 0 spiro atoms. The zero-order valence-corrected chi connectivity index (χ0v) is 9.03. The van der Waals surface area contributed by atoms with E-state index in [9.17, 15) is 4.79 Å². The van der Waals surface area contributed by atoms with E-state index in [2.05, 4.69) is 6.58 Å². The Morgan fingerprint density at radius 1 is 1.47 bits per heavy atom. The van der Waals surface area contributed by atoms with Crippen LogP contribution in [0.25, 0.3) is 0 Å². The number of ketones is 1. The molecule has 1 aromatic rings. The molecule has 0 saturated carbocycles. The van der Waals surface area contributed by atoms with Gasteiger partial charge in [-0.15, -0.1) is 6.58 Å². The molecule has 0 aromatic heterocycles. The van der Waals surface area contributed by atoms with Crippen molar-refractivity contribution in [3.8, 4) is 5.75 Å². The fourth-order valence-corrected chi connectivity index (χ4v) is 1.27. The van der Waals surface area contributed by atoms with Crippen molar-refractivity contribution in [1.82, 2.24) is 0 Å². The monoisotopic (exact) mass is 204 g/mol. The Morgan fingerprint density at radius 2 is 2.20 bits per heavy atom. The van der Waals surface area contributed by atoms with E-state index in [4.69, 9.17) is 4.74 Å². The Kier molecular flexibility index (Phi) is 4.61. The first kappa shape index (κ1) is 11.5. The maximum absolute atomic E-state index is 10.7. The molecule has 1 aromatic carbocycles. The summed E-state index contributed by atoms with van der Waals surface area (Å²) >= 11 is 0. The van der Waals surface area contributed by atoms with Crippen LogP contribution in [0.2, 0.25) is 0 Å². The van der Waals surface area contributed by atoms with E-state index in [0.717, 1.165) is 17.7 Å². The summed E-state index contributed by atoms with van der Waals surface area (Å²) in [5.41, 5.74) is 1.11. The zero-order chi connectivity index (χ0) is 11.1. The molecule has 80 valence electrons. The maximum atomic E-state index is 10.7. The quantitative estimate of drug-likeness (QED) is 0.666. The van der Waals surface area contributed by atoms with E-state index in [-0.39, 0.29) is 5.78 Å². The third kappa shape index (κ3) is 3.98. The minimum absolute atomic E-state index is 0.149. The average molecular weight is 204 g/mol. The van der Waals surface area contributed by atoms with E-state index in [1.54, 1.807) is 6.92 Å². The number of para-hydroxylation sites is 1. The van der Waals surface area contributed by atoms with Gasteiger partial charge in [0, 0.05) is 6.42 Å². The van der Waals surface area contributed by atoms with E-state index >= 15 is 0 Å². The van der Waals surface area contributed by atoms with Crippen LogP contribution < -0.4 is 4.74 Å². The lowest BCUT2D eigenvalue weighted by atomic mass is 10.1. The summed E-state index contributed by atoms with van der Waals surface area (Å²) in [4.78, 5) is 10.7. The second-order valence-corrected chi connectivity index (χ2v) is 3.40. The van der Waals surface area contributed by atoms with Gasteiger partial charge in [0.2, 0.25) is 0 Å². The predicted molar refractivity (Wildman–Crippen MR) is 61.1 cm³/mol. The van der Waals surface area contributed by atoms with Crippen LogP contribution in [0.5, 0.6) is 5.75 Å². The van der Waals surface area contributed by atoms with Gasteiger partial charge in [-0.2, -0.15) is 0 Å². The summed E-state index contributed by atoms with van der Waals surface area (Å²) in [5.74, 6) is 0.995. The summed E-state index contributed by atoms with van der Waals surface area (Å²) in [7, 11) is 0. The summed E-state index contributed by atoms with van der Waals surface area (Å²) in [5, 5.41) is 0. The molecule has 0 fully saturated rings. The van der Waals surface area contributed by atoms with Gasteiger partial charge in [-0.3, -0.25) is 4.79 Å². The number of rotatable bonds is 6. The second-order valence-electron chi connectivity index (χ2n) is 3.40. The lowest BCUT2D eigenvalue weighted by molar-refractivity contribution is -0.117. The fourth-order valence-electron chi connectivity index (χ4n) is 1.27. The zero-order valence-electron chi connectivity index (χ0n) is 9.03. The number of ether oxygens (including phenoxy) is 1. The number of benzene rings is 1. The largest absolute Gasteiger partial charge is 0.493 e. The number of hydrogen-bond donors (Lipinski definition) is 0. The minimum Gasteiger partial charge on any atom is -0.493 e. The third-order valence-electron chi connectivity index (χ3n) is 2.05. The summed E-state index contributed by atoms with van der Waals surface area (Å²) in [6.45, 7) is 5.71. The van der Waals surface area contributed by atoms with E-state index in [0.29, 0.717) is 13.0 Å². The number of hydrogen-bond acceptors (Lipinski definition) is 2. The number of Topliss-reactive ketones (excluding diaryl/α,β-unsaturated/α-hetero) is 1. The Bertz CT molecular complexity index is 342. The molecular formula is C13H16O2. The van der Waals surface area contributed by atoms with Crippen LogP contribution in [0.1, 0.15) is 18.9 Å². The lowest BCUT2D eigenvalue weighted by Crippen LogP contribution is -2.04. The van der Waals surface area contributed by atoms with E-state index in [1.165, 1.54) is 0 Å². The lowest BCUT2D eigenvalue weighted by Gasteiger charge is -2.09. The molecule has 0 heterocycles. The molecule has 0 atom stereocenters. The molecule has 15 heavy (non-hydrogen) atoms. The molecule has 1 rings (SSSR count). The Balaban J connectivity index is 2.58. The number of carbonyl (C=O) groups excluding carboxylic acids is 1. The molecule has 0 aliphatic carbocycles. The van der Waals surface area contributed by atoms with E-state index in [1.807, 2.05) is 30.3 Å². The first-order valence-electron chi connectivity index (χ1n) is 5.05. The minimum atomic E-state index is 0.149. The molecule has 0 aliphatic rings. The van der Waals surface area contributed by atoms with Crippen LogP contribution in [0.3, 0.4) is 0 Å². The molecule has 0 N–H and O–H groups in total. The molecule has 0 bridgehead atoms. The average Bonchev–Trinajstić information content (AvgIpc) is 2.20. The van der Waals surface area contributed by atoms with Crippen LogP contribution >= 0.6 is 0 Å². The summed E-state index contributed by atoms with van der Waals surface area (Å²) in [6, 6.07) is 7.82. The van der Waals surface area contributed by atoms with Crippen LogP contribution in [0, 0.1) is 0 Å². The van der Waals surface area contributed by atoms with Crippen molar-refractivity contribution in [1.29, 1.82) is 0 Å². The summed E-state index contributed by atoms with van der Waals surface area (Å²) in [6.07, 6.45) is 3.09. The van der Waals surface area contributed by atoms with E-state index < -0.39 is 0 Å². The van der Waals surface area contributed by atoms with Crippen molar-refractivity contribution in [2.75, 3.05) is 6.61 Å². The van der Waals surface area contributed by atoms with Crippen molar-refractivity contribution in [3.63, 3.8) is 0 Å². The summed E-state index contributed by atoms with van der Waals surface area (Å²) < 4.78 is 5.53. The van der Waals surface area contributed by atoms with Crippen molar-refractivity contribution >= 4 is 5.78 Å². The second kappa shape index (κ2) is 6.02. The molecular weight excluding hydrogens is 188 g/mol. The highest BCUT2D eigenvalue weighted by atomic mass is 16.5. The molecule has 0 amide bonds. The van der Waals surface area contributed by atoms with Gasteiger partial charge in [0.15, 0.2) is 0 Å². The Morgan fingerprint density at radius 3 is 2.87 bits per heavy atom. The molecule has 0 radical (unpaired) electrons. The van der Waals surface area contributed by atoms with Gasteiger partial charge >= 0.3 is 0 Å². The number of allylic oxidation sites excluding steroid dienone is 1. The highest BCUT2D eigenvalue weighted by Crippen LogP contribution is 2.18. The van der Waals surface area contributed by atoms with Gasteiger partial charge in [0.1, 0.15) is 11.5 Å². The van der Waals surface area contributed by atoms with Crippen molar-refractivity contribution in [2.24, 2.45) is 0 Å².